The van der Waals surface area contributed by atoms with E-state index in [1.807, 2.05) is 0 Å². The van der Waals surface area contributed by atoms with E-state index in [0.717, 1.165) is 56.3 Å². The molecule has 2 nitrogen and oxygen atoms in total. The zero-order valence-electron chi connectivity index (χ0n) is 28.4. The Balaban J connectivity index is 3.63. The third-order valence-electron chi connectivity index (χ3n) is 8.10. The van der Waals surface area contributed by atoms with Crippen LogP contribution in [0.1, 0.15) is 164 Å². The molecule has 0 aliphatic heterocycles. The molecule has 0 aliphatic rings. The minimum absolute atomic E-state index is 0.0375. The molecule has 3 atom stereocenters. The summed E-state index contributed by atoms with van der Waals surface area (Å²) in [6.45, 7) is 14.6. The van der Waals surface area contributed by atoms with Crippen LogP contribution in [0.4, 0.5) is 0 Å². The van der Waals surface area contributed by atoms with Crippen molar-refractivity contribution in [2.45, 2.75) is 164 Å². The minimum Gasteiger partial charge on any atom is -0.466 e. The SMILES string of the molecule is CCCC/C=C/C/C=C/C/C=C/C/C=C/CCCC(=O)OCCC(C)CCCC(C)CCCC(C)CCCC(C)C. The first-order valence-corrected chi connectivity index (χ1v) is 17.6. The lowest BCUT2D eigenvalue weighted by Crippen LogP contribution is -2.09. The number of ether oxygens (including phenoxy) is 1. The highest BCUT2D eigenvalue weighted by atomic mass is 16.5. The van der Waals surface area contributed by atoms with E-state index in [9.17, 15) is 4.79 Å². The van der Waals surface area contributed by atoms with E-state index in [4.69, 9.17) is 4.74 Å². The highest BCUT2D eigenvalue weighted by Gasteiger charge is 2.09. The number of unbranched alkanes of at least 4 members (excludes halogenated alkanes) is 3. The van der Waals surface area contributed by atoms with Crippen molar-refractivity contribution in [3.8, 4) is 0 Å². The first kappa shape index (κ1) is 39.4. The van der Waals surface area contributed by atoms with Crippen LogP contribution in [0.15, 0.2) is 48.6 Å². The Bertz CT molecular complexity index is 684. The molecule has 0 spiro atoms. The second-order valence-corrected chi connectivity index (χ2v) is 13.1. The molecule has 238 valence electrons. The van der Waals surface area contributed by atoms with Crippen LogP contribution in [0.3, 0.4) is 0 Å². The van der Waals surface area contributed by atoms with Crippen LogP contribution in [-0.2, 0) is 9.53 Å². The molecule has 3 unspecified atom stereocenters. The number of hydrogen-bond acceptors (Lipinski definition) is 2. The molecule has 0 radical (unpaired) electrons. The van der Waals surface area contributed by atoms with E-state index in [0.29, 0.717) is 18.9 Å². The second kappa shape index (κ2) is 29.9. The molecule has 0 aromatic heterocycles. The van der Waals surface area contributed by atoms with Crippen molar-refractivity contribution in [3.63, 3.8) is 0 Å². The Hall–Kier alpha value is -1.57. The molecule has 0 aromatic rings. The van der Waals surface area contributed by atoms with Crippen LogP contribution >= 0.6 is 0 Å². The summed E-state index contributed by atoms with van der Waals surface area (Å²) in [5.41, 5.74) is 0. The van der Waals surface area contributed by atoms with Crippen molar-refractivity contribution in [1.82, 2.24) is 0 Å². The van der Waals surface area contributed by atoms with Crippen molar-refractivity contribution in [2.24, 2.45) is 23.7 Å². The predicted octanol–water partition coefficient (Wildman–Crippen LogP) is 12.8. The molecule has 0 aromatic carbocycles. The smallest absolute Gasteiger partial charge is 0.305 e. The summed E-state index contributed by atoms with van der Waals surface area (Å²) in [7, 11) is 0. The number of rotatable bonds is 28. The summed E-state index contributed by atoms with van der Waals surface area (Å²) in [6, 6.07) is 0. The number of carbonyl (C=O) groups excluding carboxylic acids is 1. The van der Waals surface area contributed by atoms with E-state index < -0.39 is 0 Å². The highest BCUT2D eigenvalue weighted by molar-refractivity contribution is 5.69. The third-order valence-corrected chi connectivity index (χ3v) is 8.10. The summed E-state index contributed by atoms with van der Waals surface area (Å²) >= 11 is 0. The van der Waals surface area contributed by atoms with Crippen LogP contribution in [0.2, 0.25) is 0 Å². The van der Waals surface area contributed by atoms with Gasteiger partial charge >= 0.3 is 5.97 Å². The number of carbonyl (C=O) groups is 1. The molecule has 0 saturated heterocycles. The lowest BCUT2D eigenvalue weighted by Gasteiger charge is -2.16. The van der Waals surface area contributed by atoms with Crippen LogP contribution in [0.5, 0.6) is 0 Å². The van der Waals surface area contributed by atoms with Gasteiger partial charge in [0.2, 0.25) is 0 Å². The van der Waals surface area contributed by atoms with Gasteiger partial charge in [-0.25, -0.2) is 0 Å². The fourth-order valence-corrected chi connectivity index (χ4v) is 5.12. The van der Waals surface area contributed by atoms with Crippen LogP contribution < -0.4 is 0 Å². The monoisotopic (exact) mass is 571 g/mol. The van der Waals surface area contributed by atoms with Crippen molar-refractivity contribution in [3.05, 3.63) is 48.6 Å². The van der Waals surface area contributed by atoms with Crippen molar-refractivity contribution in [1.29, 1.82) is 0 Å². The normalized spacial score (nSPS) is 14.7. The molecule has 0 N–H and O–H groups in total. The van der Waals surface area contributed by atoms with E-state index in [2.05, 4.69) is 90.2 Å². The van der Waals surface area contributed by atoms with Crippen molar-refractivity contribution in [2.75, 3.05) is 6.61 Å². The fraction of sp³-hybridized carbons (Fsp3) is 0.769. The van der Waals surface area contributed by atoms with Gasteiger partial charge in [0.25, 0.3) is 0 Å². The Kier molecular flexibility index (Phi) is 28.8. The summed E-state index contributed by atoms with van der Waals surface area (Å²) in [6.07, 6.45) is 40.2. The molecule has 0 saturated carbocycles. The van der Waals surface area contributed by atoms with Crippen molar-refractivity contribution < 1.29 is 9.53 Å². The Labute approximate surface area is 257 Å². The van der Waals surface area contributed by atoms with Gasteiger partial charge in [-0.15, -0.1) is 0 Å². The summed E-state index contributed by atoms with van der Waals surface area (Å²) in [5.74, 6) is 3.17. The molecule has 41 heavy (non-hydrogen) atoms. The first-order valence-electron chi connectivity index (χ1n) is 17.6. The second-order valence-electron chi connectivity index (χ2n) is 13.1. The quantitative estimate of drug-likeness (QED) is 0.0531. The number of esters is 1. The molecule has 0 heterocycles. The van der Waals surface area contributed by atoms with Crippen LogP contribution in [-0.4, -0.2) is 12.6 Å². The van der Waals surface area contributed by atoms with Gasteiger partial charge in [0.05, 0.1) is 6.61 Å². The Morgan fingerprint density at radius 1 is 0.537 bits per heavy atom. The van der Waals surface area contributed by atoms with E-state index in [1.165, 1.54) is 77.0 Å². The number of allylic oxidation sites excluding steroid dienone is 8. The fourth-order valence-electron chi connectivity index (χ4n) is 5.12. The van der Waals surface area contributed by atoms with Crippen LogP contribution in [0.25, 0.3) is 0 Å². The van der Waals surface area contributed by atoms with Gasteiger partial charge in [0, 0.05) is 6.42 Å². The zero-order chi connectivity index (χ0) is 30.4. The average Bonchev–Trinajstić information content (AvgIpc) is 2.92. The Morgan fingerprint density at radius 2 is 0.951 bits per heavy atom. The lowest BCUT2D eigenvalue weighted by molar-refractivity contribution is -0.144. The van der Waals surface area contributed by atoms with Gasteiger partial charge in [-0.1, -0.05) is 161 Å². The van der Waals surface area contributed by atoms with Gasteiger partial charge in [0.1, 0.15) is 0 Å². The zero-order valence-corrected chi connectivity index (χ0v) is 28.4. The lowest BCUT2D eigenvalue weighted by atomic mass is 9.91. The van der Waals surface area contributed by atoms with Crippen molar-refractivity contribution >= 4 is 5.97 Å². The largest absolute Gasteiger partial charge is 0.466 e. The molecule has 0 bridgehead atoms. The molecule has 0 amide bonds. The third kappa shape index (κ3) is 31.2. The minimum atomic E-state index is -0.0375. The van der Waals surface area contributed by atoms with Crippen LogP contribution in [0, 0.1) is 23.7 Å². The predicted molar refractivity (Wildman–Crippen MR) is 183 cm³/mol. The van der Waals surface area contributed by atoms with Gasteiger partial charge in [-0.3, -0.25) is 4.79 Å². The van der Waals surface area contributed by atoms with Gasteiger partial charge in [-0.2, -0.15) is 0 Å². The molecular formula is C39H70O2. The molecule has 0 rings (SSSR count). The summed E-state index contributed by atoms with van der Waals surface area (Å²) in [5, 5.41) is 0. The molecule has 2 heteroatoms. The average molecular weight is 571 g/mol. The maximum atomic E-state index is 12.0. The first-order chi connectivity index (χ1) is 19.8. The standard InChI is InChI=1S/C39H70O2/c1-7-8-9-10-11-12-13-14-15-16-17-18-19-20-21-22-32-39(40)41-34-33-38(6)31-25-30-37(5)29-24-28-36(4)27-23-26-35(2)3/h10-11,13-14,16-17,19-20,35-38H,7-9,12,15,18,21-34H2,1-6H3/b11-10+,14-13+,17-16+,20-19+. The summed E-state index contributed by atoms with van der Waals surface area (Å²) in [4.78, 5) is 12.0. The van der Waals surface area contributed by atoms with Gasteiger partial charge < -0.3 is 4.74 Å². The maximum absolute atomic E-state index is 12.0. The van der Waals surface area contributed by atoms with Gasteiger partial charge in [-0.05, 0) is 68.6 Å². The van der Waals surface area contributed by atoms with E-state index in [-0.39, 0.29) is 5.97 Å². The highest BCUT2D eigenvalue weighted by Crippen LogP contribution is 2.22. The number of hydrogen-bond donors (Lipinski definition) is 0. The maximum Gasteiger partial charge on any atom is 0.305 e. The summed E-state index contributed by atoms with van der Waals surface area (Å²) < 4.78 is 5.50. The Morgan fingerprint density at radius 3 is 1.41 bits per heavy atom. The topological polar surface area (TPSA) is 26.3 Å². The van der Waals surface area contributed by atoms with E-state index in [1.54, 1.807) is 0 Å². The van der Waals surface area contributed by atoms with Gasteiger partial charge in [0.15, 0.2) is 0 Å². The molecule has 0 fully saturated rings. The van der Waals surface area contributed by atoms with E-state index >= 15 is 0 Å². The molecule has 0 aliphatic carbocycles. The molecular weight excluding hydrogens is 500 g/mol.